The highest BCUT2D eigenvalue weighted by Crippen LogP contribution is 2.31. The van der Waals surface area contributed by atoms with Gasteiger partial charge < -0.3 is 16.4 Å². The summed E-state index contributed by atoms with van der Waals surface area (Å²) in [7, 11) is 0. The zero-order valence-corrected chi connectivity index (χ0v) is 12.7. The van der Waals surface area contributed by atoms with Crippen LogP contribution >= 0.6 is 0 Å². The molecule has 0 spiro atoms. The minimum atomic E-state index is -0.659. The molecule has 0 saturated carbocycles. The van der Waals surface area contributed by atoms with Gasteiger partial charge in [-0.05, 0) is 37.6 Å². The summed E-state index contributed by atoms with van der Waals surface area (Å²) in [4.78, 5) is 18.6. The molecule has 1 atom stereocenters. The number of nitro groups is 1. The van der Waals surface area contributed by atoms with Gasteiger partial charge in [0.1, 0.15) is 5.82 Å². The van der Waals surface area contributed by atoms with Crippen molar-refractivity contribution >= 4 is 29.0 Å². The molecule has 0 aliphatic rings. The second kappa shape index (κ2) is 6.86. The number of nitrogens with zero attached hydrogens (tertiary/aromatic N) is 3. The van der Waals surface area contributed by atoms with Crippen molar-refractivity contribution in [1.29, 1.82) is 0 Å². The summed E-state index contributed by atoms with van der Waals surface area (Å²) >= 11 is 0. The van der Waals surface area contributed by atoms with Crippen LogP contribution in [0.5, 0.6) is 0 Å². The van der Waals surface area contributed by atoms with Crippen LogP contribution in [0, 0.1) is 15.9 Å². The molecule has 1 aromatic carbocycles. The van der Waals surface area contributed by atoms with E-state index in [0.29, 0.717) is 5.69 Å². The van der Waals surface area contributed by atoms with E-state index in [9.17, 15) is 14.5 Å². The number of nitrogens with two attached hydrogens (primary N) is 1. The first kappa shape index (κ1) is 16.4. The third-order valence-corrected chi connectivity index (χ3v) is 3.19. The van der Waals surface area contributed by atoms with E-state index in [-0.39, 0.29) is 23.6 Å². The van der Waals surface area contributed by atoms with Crippen LogP contribution in [0.2, 0.25) is 0 Å². The number of benzene rings is 1. The van der Waals surface area contributed by atoms with Gasteiger partial charge in [-0.25, -0.2) is 4.39 Å². The SMILES string of the molecule is CC[C@H](C)Nc1nc(N)c([N+](=O)[O-])c(Nc2ccc(F)cc2)n1. The third-order valence-electron chi connectivity index (χ3n) is 3.19. The predicted molar refractivity (Wildman–Crippen MR) is 86.2 cm³/mol. The second-order valence-electron chi connectivity index (χ2n) is 4.97. The van der Waals surface area contributed by atoms with Crippen molar-refractivity contribution in [3.05, 3.63) is 40.2 Å². The number of nitrogen functional groups attached to an aromatic ring is 1. The molecule has 2 rings (SSSR count). The molecule has 122 valence electrons. The fourth-order valence-corrected chi connectivity index (χ4v) is 1.80. The number of rotatable bonds is 6. The van der Waals surface area contributed by atoms with Crippen LogP contribution in [0.4, 0.5) is 33.3 Å². The summed E-state index contributed by atoms with van der Waals surface area (Å²) in [5, 5.41) is 17.0. The fraction of sp³-hybridized carbons (Fsp3) is 0.286. The number of hydrogen-bond donors (Lipinski definition) is 3. The van der Waals surface area contributed by atoms with Crippen molar-refractivity contribution in [3.8, 4) is 0 Å². The largest absolute Gasteiger partial charge is 0.378 e. The molecule has 0 aliphatic heterocycles. The normalized spacial score (nSPS) is 11.8. The first-order valence-corrected chi connectivity index (χ1v) is 7.01. The Labute approximate surface area is 132 Å². The van der Waals surface area contributed by atoms with E-state index >= 15 is 0 Å². The third kappa shape index (κ3) is 4.02. The Morgan fingerprint density at radius 3 is 2.57 bits per heavy atom. The van der Waals surface area contributed by atoms with E-state index in [0.717, 1.165) is 6.42 Å². The van der Waals surface area contributed by atoms with Crippen LogP contribution in [0.25, 0.3) is 0 Å². The lowest BCUT2D eigenvalue weighted by Gasteiger charge is -2.13. The minimum Gasteiger partial charge on any atom is -0.378 e. The van der Waals surface area contributed by atoms with E-state index in [1.807, 2.05) is 13.8 Å². The van der Waals surface area contributed by atoms with Gasteiger partial charge in [0.25, 0.3) is 0 Å². The van der Waals surface area contributed by atoms with Crippen LogP contribution < -0.4 is 16.4 Å². The lowest BCUT2D eigenvalue weighted by Crippen LogP contribution is -2.17. The van der Waals surface area contributed by atoms with Crippen LogP contribution in [0.3, 0.4) is 0 Å². The average Bonchev–Trinajstić information content (AvgIpc) is 2.48. The lowest BCUT2D eigenvalue weighted by atomic mass is 10.3. The molecule has 1 aromatic heterocycles. The molecule has 0 saturated heterocycles. The number of nitrogens with one attached hydrogen (secondary N) is 2. The van der Waals surface area contributed by atoms with Gasteiger partial charge in [-0.1, -0.05) is 6.92 Å². The summed E-state index contributed by atoms with van der Waals surface area (Å²) in [6, 6.07) is 5.43. The highest BCUT2D eigenvalue weighted by atomic mass is 19.1. The Hall–Kier alpha value is -2.97. The van der Waals surface area contributed by atoms with Crippen LogP contribution in [-0.4, -0.2) is 20.9 Å². The number of anilines is 4. The summed E-state index contributed by atoms with van der Waals surface area (Å²) < 4.78 is 13.0. The molecular weight excluding hydrogens is 303 g/mol. The van der Waals surface area contributed by atoms with Gasteiger partial charge >= 0.3 is 5.69 Å². The zero-order chi connectivity index (χ0) is 17.0. The Morgan fingerprint density at radius 1 is 1.35 bits per heavy atom. The monoisotopic (exact) mass is 320 g/mol. The predicted octanol–water partition coefficient (Wildman–Crippen LogP) is 3.06. The molecule has 8 nitrogen and oxygen atoms in total. The van der Waals surface area contributed by atoms with Crippen molar-refractivity contribution in [1.82, 2.24) is 9.97 Å². The van der Waals surface area contributed by atoms with Gasteiger partial charge in [0.15, 0.2) is 0 Å². The molecule has 0 amide bonds. The first-order valence-electron chi connectivity index (χ1n) is 7.01. The van der Waals surface area contributed by atoms with Crippen LogP contribution in [0.15, 0.2) is 24.3 Å². The van der Waals surface area contributed by atoms with E-state index < -0.39 is 16.4 Å². The average molecular weight is 320 g/mol. The maximum absolute atomic E-state index is 13.0. The van der Waals surface area contributed by atoms with Gasteiger partial charge in [0, 0.05) is 11.7 Å². The molecule has 0 fully saturated rings. The highest BCUT2D eigenvalue weighted by molar-refractivity contribution is 5.74. The van der Waals surface area contributed by atoms with E-state index in [4.69, 9.17) is 5.73 Å². The Kier molecular flexibility index (Phi) is 4.89. The summed E-state index contributed by atoms with van der Waals surface area (Å²) in [6.07, 6.45) is 0.820. The number of hydrogen-bond acceptors (Lipinski definition) is 7. The first-order chi connectivity index (χ1) is 10.9. The zero-order valence-electron chi connectivity index (χ0n) is 12.7. The molecule has 9 heteroatoms. The number of aromatic nitrogens is 2. The summed E-state index contributed by atoms with van der Waals surface area (Å²) in [5.74, 6) is -0.529. The molecule has 2 aromatic rings. The van der Waals surface area contributed by atoms with Gasteiger partial charge in [-0.3, -0.25) is 10.1 Å². The van der Waals surface area contributed by atoms with E-state index in [1.165, 1.54) is 24.3 Å². The fourth-order valence-electron chi connectivity index (χ4n) is 1.80. The van der Waals surface area contributed by atoms with Gasteiger partial charge in [-0.2, -0.15) is 9.97 Å². The maximum atomic E-state index is 13.0. The minimum absolute atomic E-state index is 0.0556. The van der Waals surface area contributed by atoms with Gasteiger partial charge in [0.2, 0.25) is 17.6 Å². The molecule has 0 bridgehead atoms. The molecule has 0 unspecified atom stereocenters. The van der Waals surface area contributed by atoms with Crippen molar-refractivity contribution in [2.75, 3.05) is 16.4 Å². The molecule has 4 N–H and O–H groups in total. The Bertz CT molecular complexity index is 707. The number of halogens is 1. The second-order valence-corrected chi connectivity index (χ2v) is 4.97. The Morgan fingerprint density at radius 2 is 2.00 bits per heavy atom. The standard InChI is InChI=1S/C14H17FN6O2/c1-3-8(2)17-14-19-12(16)11(21(22)23)13(20-14)18-10-6-4-9(15)5-7-10/h4-8H,3H2,1-2H3,(H4,16,17,18,19,20)/t8-/m0/s1. The highest BCUT2D eigenvalue weighted by Gasteiger charge is 2.23. The molecule has 0 aliphatic carbocycles. The van der Waals surface area contributed by atoms with Crippen LogP contribution in [-0.2, 0) is 0 Å². The summed E-state index contributed by atoms with van der Waals surface area (Å²) in [6.45, 7) is 3.90. The smallest absolute Gasteiger partial charge is 0.353 e. The van der Waals surface area contributed by atoms with Crippen LogP contribution in [0.1, 0.15) is 20.3 Å². The van der Waals surface area contributed by atoms with Gasteiger partial charge in [-0.15, -0.1) is 0 Å². The maximum Gasteiger partial charge on any atom is 0.353 e. The lowest BCUT2D eigenvalue weighted by molar-refractivity contribution is -0.383. The molecular formula is C14H17FN6O2. The quantitative estimate of drug-likeness (QED) is 0.552. The molecule has 1 heterocycles. The molecule has 0 radical (unpaired) electrons. The van der Waals surface area contributed by atoms with Crippen molar-refractivity contribution in [2.45, 2.75) is 26.3 Å². The van der Waals surface area contributed by atoms with Crippen molar-refractivity contribution in [3.63, 3.8) is 0 Å². The molecule has 23 heavy (non-hydrogen) atoms. The van der Waals surface area contributed by atoms with Crippen molar-refractivity contribution < 1.29 is 9.31 Å². The summed E-state index contributed by atoms with van der Waals surface area (Å²) in [5.41, 5.74) is 5.70. The Balaban J connectivity index is 2.41. The topological polar surface area (TPSA) is 119 Å². The van der Waals surface area contributed by atoms with Crippen molar-refractivity contribution in [2.24, 2.45) is 0 Å². The van der Waals surface area contributed by atoms with Gasteiger partial charge in [0.05, 0.1) is 4.92 Å². The van der Waals surface area contributed by atoms with E-state index in [2.05, 4.69) is 20.6 Å². The van der Waals surface area contributed by atoms with E-state index in [1.54, 1.807) is 0 Å².